The van der Waals surface area contributed by atoms with E-state index in [1.54, 1.807) is 11.3 Å². The molecule has 2 N–H and O–H groups in total. The zero-order valence-electron chi connectivity index (χ0n) is 15.1. The molecule has 2 aromatic rings. The number of hydrogen-bond acceptors (Lipinski definition) is 5. The van der Waals surface area contributed by atoms with Crippen molar-refractivity contribution in [2.45, 2.75) is 31.4 Å². The van der Waals surface area contributed by atoms with Gasteiger partial charge in [-0.2, -0.15) is 0 Å². The maximum absolute atomic E-state index is 10.9. The van der Waals surface area contributed by atoms with Crippen molar-refractivity contribution in [1.82, 2.24) is 4.90 Å². The molecule has 0 atom stereocenters. The number of nitrogens with zero attached hydrogens (tertiary/aromatic N) is 1. The molecule has 1 aromatic heterocycles. The van der Waals surface area contributed by atoms with Crippen LogP contribution in [0.3, 0.4) is 0 Å². The second kappa shape index (κ2) is 7.80. The van der Waals surface area contributed by atoms with E-state index in [0.717, 1.165) is 55.4 Å². The minimum absolute atomic E-state index is 0.0985. The number of carbonyl (C=O) groups excluding carboxylic acids is 1. The van der Waals surface area contributed by atoms with Crippen LogP contribution in [-0.2, 0) is 28.1 Å². The summed E-state index contributed by atoms with van der Waals surface area (Å²) in [5.74, 6) is 0.204. The smallest absolute Gasteiger partial charge is 0.255 e. The number of nitrogens with two attached hydrogens (primary N) is 1. The summed E-state index contributed by atoms with van der Waals surface area (Å²) in [7, 11) is 0. The van der Waals surface area contributed by atoms with Crippen LogP contribution in [-0.4, -0.2) is 37.1 Å². The van der Waals surface area contributed by atoms with E-state index in [1.807, 2.05) is 18.2 Å². The van der Waals surface area contributed by atoms with Gasteiger partial charge in [-0.25, -0.2) is 0 Å². The summed E-state index contributed by atoms with van der Waals surface area (Å²) in [6.07, 6.45) is 2.92. The van der Waals surface area contributed by atoms with Gasteiger partial charge in [0.15, 0.2) is 6.61 Å². The van der Waals surface area contributed by atoms with Gasteiger partial charge in [-0.05, 0) is 48.6 Å². The van der Waals surface area contributed by atoms with Crippen LogP contribution in [0.2, 0.25) is 4.34 Å². The quantitative estimate of drug-likeness (QED) is 0.827. The molecule has 0 radical (unpaired) electrons. The lowest BCUT2D eigenvalue weighted by Gasteiger charge is -2.43. The number of carbonyl (C=O) groups is 1. The van der Waals surface area contributed by atoms with Crippen LogP contribution in [0.25, 0.3) is 0 Å². The van der Waals surface area contributed by atoms with Gasteiger partial charge in [0, 0.05) is 24.5 Å². The molecule has 2 aliphatic rings. The second-order valence-electron chi connectivity index (χ2n) is 7.18. The van der Waals surface area contributed by atoms with Crippen LogP contribution in [0.1, 0.15) is 28.8 Å². The zero-order chi connectivity index (χ0) is 18.9. The van der Waals surface area contributed by atoms with Crippen molar-refractivity contribution in [1.29, 1.82) is 0 Å². The number of likely N-dealkylation sites (tertiary alicyclic amines) is 1. The first-order chi connectivity index (χ1) is 13.0. The van der Waals surface area contributed by atoms with Gasteiger partial charge in [0.1, 0.15) is 11.4 Å². The molecule has 1 aromatic carbocycles. The molecule has 27 heavy (non-hydrogen) atoms. The molecule has 1 saturated heterocycles. The molecule has 1 amide bonds. The molecule has 0 saturated carbocycles. The molecule has 4 rings (SSSR count). The van der Waals surface area contributed by atoms with E-state index in [0.29, 0.717) is 5.75 Å². The molecule has 0 unspecified atom stereocenters. The third-order valence-corrected chi connectivity index (χ3v) is 6.78. The Morgan fingerprint density at radius 3 is 2.93 bits per heavy atom. The van der Waals surface area contributed by atoms with Crippen LogP contribution < -0.4 is 10.5 Å². The molecule has 1 spiro atoms. The highest BCUT2D eigenvalue weighted by Gasteiger charge is 2.42. The van der Waals surface area contributed by atoms with Crippen molar-refractivity contribution in [2.24, 2.45) is 5.73 Å². The van der Waals surface area contributed by atoms with E-state index >= 15 is 0 Å². The summed E-state index contributed by atoms with van der Waals surface area (Å²) in [6.45, 7) is 3.47. The average molecular weight is 407 g/mol. The number of ether oxygens (including phenoxy) is 2. The summed E-state index contributed by atoms with van der Waals surface area (Å²) in [4.78, 5) is 14.7. The SMILES string of the molecule is NC(=O)COc1cccc(CN2CCC3(CC2)OCCc2cc(Cl)sc23)c1. The second-order valence-corrected chi connectivity index (χ2v) is 8.86. The summed E-state index contributed by atoms with van der Waals surface area (Å²) in [5, 5.41) is 0. The van der Waals surface area contributed by atoms with E-state index in [4.69, 9.17) is 26.8 Å². The number of fused-ring (bicyclic) bond motifs is 2. The van der Waals surface area contributed by atoms with Crippen LogP contribution >= 0.6 is 22.9 Å². The van der Waals surface area contributed by atoms with Gasteiger partial charge < -0.3 is 15.2 Å². The normalized spacial score (nSPS) is 19.0. The molecule has 0 bridgehead atoms. The Kier molecular flexibility index (Phi) is 5.41. The molecule has 5 nitrogen and oxygen atoms in total. The Labute approximate surface area is 168 Å². The van der Waals surface area contributed by atoms with Gasteiger partial charge in [-0.3, -0.25) is 9.69 Å². The van der Waals surface area contributed by atoms with Crippen LogP contribution in [0.4, 0.5) is 0 Å². The number of amides is 1. The summed E-state index contributed by atoms with van der Waals surface area (Å²) < 4.78 is 12.5. The predicted molar refractivity (Wildman–Crippen MR) is 106 cm³/mol. The Morgan fingerprint density at radius 1 is 1.33 bits per heavy atom. The predicted octanol–water partition coefficient (Wildman–Crippen LogP) is 3.33. The minimum atomic E-state index is -0.470. The van der Waals surface area contributed by atoms with Crippen molar-refractivity contribution in [3.8, 4) is 5.75 Å². The fraction of sp³-hybridized carbons (Fsp3) is 0.450. The first kappa shape index (κ1) is 18.7. The number of piperidine rings is 1. The fourth-order valence-electron chi connectivity index (χ4n) is 3.98. The topological polar surface area (TPSA) is 64.8 Å². The lowest BCUT2D eigenvalue weighted by molar-refractivity contribution is -0.119. The van der Waals surface area contributed by atoms with E-state index in [2.05, 4.69) is 17.0 Å². The van der Waals surface area contributed by atoms with Crippen molar-refractivity contribution in [3.05, 3.63) is 50.7 Å². The van der Waals surface area contributed by atoms with E-state index < -0.39 is 5.91 Å². The van der Waals surface area contributed by atoms with Crippen LogP contribution in [0.15, 0.2) is 30.3 Å². The van der Waals surface area contributed by atoms with E-state index in [1.165, 1.54) is 10.4 Å². The summed E-state index contributed by atoms with van der Waals surface area (Å²) in [6, 6.07) is 9.95. The van der Waals surface area contributed by atoms with Gasteiger partial charge in [0.25, 0.3) is 5.91 Å². The summed E-state index contributed by atoms with van der Waals surface area (Å²) >= 11 is 7.94. The largest absolute Gasteiger partial charge is 0.484 e. The Bertz CT molecular complexity index is 830. The molecular weight excluding hydrogens is 384 g/mol. The maximum atomic E-state index is 10.9. The van der Waals surface area contributed by atoms with Crippen molar-refractivity contribution >= 4 is 28.8 Å². The monoisotopic (exact) mass is 406 g/mol. The number of thiophene rings is 1. The van der Waals surface area contributed by atoms with E-state index in [-0.39, 0.29) is 12.2 Å². The third kappa shape index (κ3) is 4.14. The Balaban J connectivity index is 1.39. The molecule has 7 heteroatoms. The van der Waals surface area contributed by atoms with Gasteiger partial charge in [0.2, 0.25) is 0 Å². The van der Waals surface area contributed by atoms with Crippen LogP contribution in [0.5, 0.6) is 5.75 Å². The fourth-order valence-corrected chi connectivity index (χ4v) is 5.48. The molecule has 0 aliphatic carbocycles. The van der Waals surface area contributed by atoms with Crippen molar-refractivity contribution in [3.63, 3.8) is 0 Å². The zero-order valence-corrected chi connectivity index (χ0v) is 16.7. The highest BCUT2D eigenvalue weighted by atomic mass is 35.5. The van der Waals surface area contributed by atoms with Gasteiger partial charge in [-0.15, -0.1) is 11.3 Å². The highest BCUT2D eigenvalue weighted by molar-refractivity contribution is 7.16. The van der Waals surface area contributed by atoms with Crippen molar-refractivity contribution in [2.75, 3.05) is 26.3 Å². The average Bonchev–Trinajstić information content (AvgIpc) is 3.04. The number of halogens is 1. The summed E-state index contributed by atoms with van der Waals surface area (Å²) in [5.41, 5.74) is 7.51. The van der Waals surface area contributed by atoms with Crippen LogP contribution in [0, 0.1) is 0 Å². The lowest BCUT2D eigenvalue weighted by atomic mass is 9.85. The number of hydrogen-bond donors (Lipinski definition) is 1. The first-order valence-corrected chi connectivity index (χ1v) is 10.4. The van der Waals surface area contributed by atoms with Crippen molar-refractivity contribution < 1.29 is 14.3 Å². The number of primary amides is 1. The number of benzene rings is 1. The molecule has 1 fully saturated rings. The Morgan fingerprint density at radius 2 is 2.15 bits per heavy atom. The lowest BCUT2D eigenvalue weighted by Crippen LogP contribution is -2.45. The van der Waals surface area contributed by atoms with Gasteiger partial charge in [-0.1, -0.05) is 23.7 Å². The molecule has 3 heterocycles. The highest BCUT2D eigenvalue weighted by Crippen LogP contribution is 2.46. The Hall–Kier alpha value is -1.60. The van der Waals surface area contributed by atoms with E-state index in [9.17, 15) is 4.79 Å². The molecule has 2 aliphatic heterocycles. The standard InChI is InChI=1S/C20H23ClN2O3S/c21-17-11-15-4-9-26-20(19(15)27-17)5-7-23(8-6-20)12-14-2-1-3-16(10-14)25-13-18(22)24/h1-3,10-11H,4-9,12-13H2,(H2,22,24). The molecule has 144 valence electrons. The maximum Gasteiger partial charge on any atom is 0.255 e. The molecular formula is C20H23ClN2O3S. The third-order valence-electron chi connectivity index (χ3n) is 5.29. The van der Waals surface area contributed by atoms with Gasteiger partial charge in [0.05, 0.1) is 10.9 Å². The number of rotatable bonds is 5. The minimum Gasteiger partial charge on any atom is -0.484 e. The first-order valence-electron chi connectivity index (χ1n) is 9.19. The van der Waals surface area contributed by atoms with Gasteiger partial charge >= 0.3 is 0 Å².